The molecule has 0 spiro atoms. The van der Waals surface area contributed by atoms with Crippen LogP contribution >= 0.6 is 0 Å². The van der Waals surface area contributed by atoms with Crippen molar-refractivity contribution in [2.45, 2.75) is 19.4 Å². The zero-order valence-corrected chi connectivity index (χ0v) is 19.7. The van der Waals surface area contributed by atoms with Gasteiger partial charge in [-0.3, -0.25) is 19.2 Å². The highest BCUT2D eigenvalue weighted by Gasteiger charge is 2.67. The lowest BCUT2D eigenvalue weighted by molar-refractivity contribution is -0.139. The van der Waals surface area contributed by atoms with Crippen LogP contribution in [-0.2, 0) is 25.7 Å². The summed E-state index contributed by atoms with van der Waals surface area (Å²) >= 11 is 0. The first-order chi connectivity index (χ1) is 17.5. The summed E-state index contributed by atoms with van der Waals surface area (Å²) in [4.78, 5) is 55.1. The van der Waals surface area contributed by atoms with Crippen molar-refractivity contribution in [1.29, 1.82) is 0 Å². The summed E-state index contributed by atoms with van der Waals surface area (Å²) in [6.07, 6.45) is 5.53. The van der Waals surface area contributed by atoms with Gasteiger partial charge in [-0.15, -0.1) is 0 Å². The summed E-state index contributed by atoms with van der Waals surface area (Å²) < 4.78 is 5.63. The maximum Gasteiger partial charge on any atom is 0.316 e. The molecule has 2 aromatic carbocycles. The molecule has 0 aromatic heterocycles. The van der Waals surface area contributed by atoms with Crippen LogP contribution in [0.25, 0.3) is 0 Å². The maximum absolute atomic E-state index is 13.4. The molecule has 4 fully saturated rings. The number of carbonyl (C=O) groups excluding carboxylic acids is 4. The highest BCUT2D eigenvalue weighted by atomic mass is 16.5. The normalized spacial score (nSPS) is 33.7. The third-order valence-electron chi connectivity index (χ3n) is 8.72. The van der Waals surface area contributed by atoms with E-state index in [0.717, 1.165) is 12.0 Å². The molecule has 2 heterocycles. The third-order valence-corrected chi connectivity index (χ3v) is 8.72. The second-order valence-electron chi connectivity index (χ2n) is 10.7. The molecule has 7 atom stereocenters. The first kappa shape index (κ1) is 21.5. The predicted molar refractivity (Wildman–Crippen MR) is 129 cm³/mol. The number of hydrogen-bond donors (Lipinski definition) is 0. The van der Waals surface area contributed by atoms with Crippen LogP contribution in [0.15, 0.2) is 66.7 Å². The Morgan fingerprint density at radius 3 is 2.28 bits per heavy atom. The van der Waals surface area contributed by atoms with Gasteiger partial charge in [0, 0.05) is 25.6 Å². The van der Waals surface area contributed by atoms with Gasteiger partial charge in [-0.1, -0.05) is 48.6 Å². The highest BCUT2D eigenvalue weighted by molar-refractivity contribution is 6.22. The van der Waals surface area contributed by atoms with Crippen LogP contribution in [0.2, 0.25) is 0 Å². The van der Waals surface area contributed by atoms with E-state index in [9.17, 15) is 19.2 Å². The first-order valence-electron chi connectivity index (χ1n) is 12.7. The molecule has 4 aliphatic carbocycles. The number of likely N-dealkylation sites (tertiary alicyclic amines) is 1. The van der Waals surface area contributed by atoms with E-state index < -0.39 is 11.9 Å². The van der Waals surface area contributed by atoms with Gasteiger partial charge in [0.2, 0.25) is 17.7 Å². The van der Waals surface area contributed by atoms with Gasteiger partial charge >= 0.3 is 5.97 Å². The Kier molecular flexibility index (Phi) is 4.72. The first-order valence-corrected chi connectivity index (χ1v) is 12.7. The van der Waals surface area contributed by atoms with E-state index in [-0.39, 0.29) is 53.6 Å². The largest absolute Gasteiger partial charge is 0.426 e. The van der Waals surface area contributed by atoms with Crippen LogP contribution in [0, 0.1) is 41.4 Å². The van der Waals surface area contributed by atoms with Crippen molar-refractivity contribution in [3.63, 3.8) is 0 Å². The van der Waals surface area contributed by atoms with Gasteiger partial charge < -0.3 is 9.64 Å². The van der Waals surface area contributed by atoms with Gasteiger partial charge in [0.05, 0.1) is 23.4 Å². The van der Waals surface area contributed by atoms with E-state index >= 15 is 0 Å². The highest BCUT2D eigenvalue weighted by Crippen LogP contribution is 2.65. The number of esters is 1. The third kappa shape index (κ3) is 3.25. The molecule has 3 amide bonds. The lowest BCUT2D eigenvalue weighted by Gasteiger charge is -2.37. The van der Waals surface area contributed by atoms with Crippen molar-refractivity contribution in [3.05, 3.63) is 72.3 Å². The Hall–Kier alpha value is -3.74. The van der Waals surface area contributed by atoms with Gasteiger partial charge in [0.1, 0.15) is 5.75 Å². The molecule has 0 unspecified atom stereocenters. The van der Waals surface area contributed by atoms with Crippen LogP contribution in [0.3, 0.4) is 0 Å². The number of rotatable bonds is 5. The molecule has 2 saturated carbocycles. The Balaban J connectivity index is 1.05. The molecule has 0 radical (unpaired) electrons. The van der Waals surface area contributed by atoms with Crippen molar-refractivity contribution in [3.8, 4) is 5.75 Å². The van der Waals surface area contributed by atoms with E-state index in [1.807, 2.05) is 30.3 Å². The summed E-state index contributed by atoms with van der Waals surface area (Å²) in [6.45, 7) is 0.760. The van der Waals surface area contributed by atoms with E-state index in [4.69, 9.17) is 4.74 Å². The number of amides is 3. The number of carbonyl (C=O) groups is 4. The molecule has 182 valence electrons. The topological polar surface area (TPSA) is 84.0 Å². The Labute approximate surface area is 208 Å². The monoisotopic (exact) mass is 482 g/mol. The molecular weight excluding hydrogens is 456 g/mol. The summed E-state index contributed by atoms with van der Waals surface area (Å²) in [5.74, 6) is -0.281. The zero-order valence-electron chi connectivity index (χ0n) is 19.7. The van der Waals surface area contributed by atoms with E-state index in [0.29, 0.717) is 30.6 Å². The second kappa shape index (κ2) is 7.88. The Bertz CT molecular complexity index is 1280. The van der Waals surface area contributed by atoms with Crippen molar-refractivity contribution in [2.24, 2.45) is 41.4 Å². The molecule has 2 saturated heterocycles. The SMILES string of the molecule is O=C(Oc1cccc(N2C(=O)[C@@H]3[C@H]4C=C[C@@H]([C@@H]5C[C@H]45)[C@H]3C2=O)c1)[C@H]1CC(=O)N(Cc2ccccc2)C1. The summed E-state index contributed by atoms with van der Waals surface area (Å²) in [5, 5.41) is 0. The predicted octanol–water partition coefficient (Wildman–Crippen LogP) is 3.20. The number of hydrogen-bond acceptors (Lipinski definition) is 5. The fourth-order valence-corrected chi connectivity index (χ4v) is 6.98. The molecule has 6 aliphatic rings. The van der Waals surface area contributed by atoms with Crippen molar-refractivity contribution in [2.75, 3.05) is 11.4 Å². The second-order valence-corrected chi connectivity index (χ2v) is 10.7. The summed E-state index contributed by atoms with van der Waals surface area (Å²) in [7, 11) is 0. The van der Waals surface area contributed by atoms with Crippen LogP contribution in [0.5, 0.6) is 5.75 Å². The number of nitrogens with zero attached hydrogens (tertiary/aromatic N) is 2. The average molecular weight is 483 g/mol. The van der Waals surface area contributed by atoms with Gasteiger partial charge in [-0.2, -0.15) is 0 Å². The fourth-order valence-electron chi connectivity index (χ4n) is 6.98. The number of benzene rings is 2. The maximum atomic E-state index is 13.4. The minimum absolute atomic E-state index is 0.0771. The standard InChI is InChI=1S/C29H26N2O5/c32-24-11-17(15-30(24)14-16-5-2-1-3-6-16)29(35)36-19-8-4-7-18(12-19)31-27(33)25-20-9-10-21(23-13-22(20)23)26(25)28(31)34/h1-10,12,17,20-23,25-26H,11,13-15H2/t17-,20-,21-,22-,23+,25+,26+/m0/s1. The van der Waals surface area contributed by atoms with Crippen molar-refractivity contribution in [1.82, 2.24) is 4.90 Å². The molecule has 2 bridgehead atoms. The van der Waals surface area contributed by atoms with Gasteiger partial charge in [0.15, 0.2) is 0 Å². The van der Waals surface area contributed by atoms with Crippen LogP contribution in [0.4, 0.5) is 5.69 Å². The molecular formula is C29H26N2O5. The van der Waals surface area contributed by atoms with Crippen LogP contribution in [0.1, 0.15) is 18.4 Å². The molecule has 36 heavy (non-hydrogen) atoms. The van der Waals surface area contributed by atoms with Crippen molar-refractivity contribution < 1.29 is 23.9 Å². The summed E-state index contributed by atoms with van der Waals surface area (Å²) in [6, 6.07) is 16.3. The number of anilines is 1. The minimum atomic E-state index is -0.559. The smallest absolute Gasteiger partial charge is 0.316 e. The lowest BCUT2D eigenvalue weighted by Crippen LogP contribution is -2.40. The number of imide groups is 1. The number of allylic oxidation sites excluding steroid dienone is 2. The van der Waals surface area contributed by atoms with E-state index in [1.165, 1.54) is 4.90 Å². The average Bonchev–Trinajstić information content (AvgIpc) is 3.57. The van der Waals surface area contributed by atoms with Gasteiger partial charge in [0.25, 0.3) is 0 Å². The van der Waals surface area contributed by atoms with Crippen LogP contribution < -0.4 is 9.64 Å². The van der Waals surface area contributed by atoms with Crippen molar-refractivity contribution >= 4 is 29.4 Å². The molecule has 7 heteroatoms. The Morgan fingerprint density at radius 1 is 0.889 bits per heavy atom. The fraction of sp³-hybridized carbons (Fsp3) is 0.379. The zero-order chi connectivity index (χ0) is 24.6. The Morgan fingerprint density at radius 2 is 1.58 bits per heavy atom. The van der Waals surface area contributed by atoms with Crippen LogP contribution in [-0.4, -0.2) is 35.1 Å². The molecule has 2 aromatic rings. The molecule has 0 N–H and O–H groups in total. The minimum Gasteiger partial charge on any atom is -0.426 e. The molecule has 8 rings (SSSR count). The number of ether oxygens (including phenoxy) is 1. The quantitative estimate of drug-likeness (QED) is 0.283. The molecule has 7 nitrogen and oxygen atoms in total. The van der Waals surface area contributed by atoms with Gasteiger partial charge in [-0.25, -0.2) is 4.90 Å². The lowest BCUT2D eigenvalue weighted by atomic mass is 9.63. The molecule has 2 aliphatic heterocycles. The van der Waals surface area contributed by atoms with E-state index in [1.54, 1.807) is 29.2 Å². The summed E-state index contributed by atoms with van der Waals surface area (Å²) in [5.41, 5.74) is 1.44. The van der Waals surface area contributed by atoms with Gasteiger partial charge in [-0.05, 0) is 47.8 Å². The van der Waals surface area contributed by atoms with E-state index in [2.05, 4.69) is 12.2 Å².